The first-order chi connectivity index (χ1) is 6.84. The van der Waals surface area contributed by atoms with Gasteiger partial charge in [0, 0.05) is 0 Å². The summed E-state index contributed by atoms with van der Waals surface area (Å²) < 4.78 is 37.3. The summed E-state index contributed by atoms with van der Waals surface area (Å²) in [5, 5.41) is 8.53. The van der Waals surface area contributed by atoms with Crippen molar-refractivity contribution < 1.29 is 13.2 Å². The summed E-state index contributed by atoms with van der Waals surface area (Å²) >= 11 is 0. The molecule has 1 rings (SSSR count). The van der Waals surface area contributed by atoms with E-state index in [0.29, 0.717) is 0 Å². The highest BCUT2D eigenvalue weighted by Gasteiger charge is 2.41. The van der Waals surface area contributed by atoms with Gasteiger partial charge in [-0.15, -0.1) is 0 Å². The first-order valence-electron chi connectivity index (χ1n) is 4.39. The molecule has 0 spiro atoms. The van der Waals surface area contributed by atoms with Crippen LogP contribution in [0.2, 0.25) is 0 Å². The summed E-state index contributed by atoms with van der Waals surface area (Å²) in [6.07, 6.45) is -4.50. The molecule has 0 aliphatic heterocycles. The van der Waals surface area contributed by atoms with Crippen LogP contribution < -0.4 is 0 Å². The lowest BCUT2D eigenvalue weighted by atomic mass is 9.96. The fourth-order valence-corrected chi connectivity index (χ4v) is 1.51. The summed E-state index contributed by atoms with van der Waals surface area (Å²) in [6, 6.07) is 5.85. The lowest BCUT2D eigenvalue weighted by molar-refractivity contribution is -0.137. The van der Waals surface area contributed by atoms with Crippen LogP contribution >= 0.6 is 0 Å². The van der Waals surface area contributed by atoms with Crippen molar-refractivity contribution in [1.29, 1.82) is 5.26 Å². The van der Waals surface area contributed by atoms with Crippen LogP contribution in [0.15, 0.2) is 18.2 Å². The van der Waals surface area contributed by atoms with Crippen LogP contribution in [0.3, 0.4) is 0 Å². The lowest BCUT2D eigenvalue weighted by Gasteiger charge is -2.14. The molecule has 0 aliphatic carbocycles. The van der Waals surface area contributed by atoms with Gasteiger partial charge < -0.3 is 0 Å². The number of hydrogen-bond donors (Lipinski definition) is 0. The fourth-order valence-electron chi connectivity index (χ4n) is 1.51. The zero-order chi connectivity index (χ0) is 11.6. The van der Waals surface area contributed by atoms with Gasteiger partial charge in [0.2, 0.25) is 0 Å². The minimum Gasteiger partial charge on any atom is -0.197 e. The highest BCUT2D eigenvalue weighted by molar-refractivity contribution is 5.34. The lowest BCUT2D eigenvalue weighted by Crippen LogP contribution is -2.19. The average molecular weight is 213 g/mol. The van der Waals surface area contributed by atoms with Gasteiger partial charge in [-0.2, -0.15) is 18.4 Å². The van der Waals surface area contributed by atoms with Gasteiger partial charge in [-0.25, -0.2) is 0 Å². The number of hydrogen-bond acceptors (Lipinski definition) is 1. The first-order valence-corrected chi connectivity index (χ1v) is 4.39. The van der Waals surface area contributed by atoms with Crippen LogP contribution in [0.4, 0.5) is 13.2 Å². The molecule has 1 unspecified atom stereocenters. The van der Waals surface area contributed by atoms with Crippen molar-refractivity contribution >= 4 is 0 Å². The number of nitrogens with zero attached hydrogens (tertiary/aromatic N) is 1. The van der Waals surface area contributed by atoms with Crippen LogP contribution in [0.1, 0.15) is 22.6 Å². The number of alkyl halides is 3. The van der Waals surface area contributed by atoms with E-state index in [0.717, 1.165) is 11.1 Å². The van der Waals surface area contributed by atoms with Gasteiger partial charge in [-0.3, -0.25) is 0 Å². The maximum absolute atomic E-state index is 12.4. The van der Waals surface area contributed by atoms with Crippen molar-refractivity contribution in [1.82, 2.24) is 0 Å². The number of rotatable bonds is 1. The van der Waals surface area contributed by atoms with Crippen LogP contribution in [0, 0.1) is 25.2 Å². The second-order valence-electron chi connectivity index (χ2n) is 3.52. The van der Waals surface area contributed by atoms with Gasteiger partial charge in [0.15, 0.2) is 5.92 Å². The zero-order valence-corrected chi connectivity index (χ0v) is 8.39. The molecule has 0 aliphatic rings. The van der Waals surface area contributed by atoms with Gasteiger partial charge in [-0.05, 0) is 19.4 Å². The normalized spacial score (nSPS) is 13.3. The molecule has 0 radical (unpaired) electrons. The maximum atomic E-state index is 12.4. The molecule has 80 valence electrons. The number of benzene rings is 1. The van der Waals surface area contributed by atoms with E-state index in [1.165, 1.54) is 18.2 Å². The van der Waals surface area contributed by atoms with Crippen LogP contribution in [0.5, 0.6) is 0 Å². The standard InChI is InChI=1S/C11H10F3N/c1-7-3-8(2)5-9(4-7)10(6-15)11(12,13)14/h3-5,10H,1-2H3. The highest BCUT2D eigenvalue weighted by Crippen LogP contribution is 2.34. The van der Waals surface area contributed by atoms with E-state index < -0.39 is 12.1 Å². The molecule has 1 atom stereocenters. The molecule has 0 saturated heterocycles. The summed E-state index contributed by atoms with van der Waals surface area (Å²) in [6.45, 7) is 3.42. The second-order valence-corrected chi connectivity index (χ2v) is 3.52. The van der Waals surface area contributed by atoms with Crippen molar-refractivity contribution in [3.05, 3.63) is 34.9 Å². The average Bonchev–Trinajstić information content (AvgIpc) is 1.99. The molecule has 1 aromatic carbocycles. The molecule has 0 heterocycles. The summed E-state index contributed by atoms with van der Waals surface area (Å²) in [7, 11) is 0. The van der Waals surface area contributed by atoms with Gasteiger partial charge in [0.25, 0.3) is 0 Å². The van der Waals surface area contributed by atoms with Gasteiger partial charge in [0.05, 0.1) is 6.07 Å². The monoisotopic (exact) mass is 213 g/mol. The molecular weight excluding hydrogens is 203 g/mol. The highest BCUT2D eigenvalue weighted by atomic mass is 19.4. The molecular formula is C11H10F3N. The molecule has 0 fully saturated rings. The van der Waals surface area contributed by atoms with Crippen molar-refractivity contribution in [2.45, 2.75) is 25.9 Å². The smallest absolute Gasteiger partial charge is 0.197 e. The van der Waals surface area contributed by atoms with Crippen molar-refractivity contribution in [2.24, 2.45) is 0 Å². The number of halogens is 3. The predicted molar refractivity (Wildman–Crippen MR) is 50.3 cm³/mol. The third-order valence-electron chi connectivity index (χ3n) is 2.03. The Morgan fingerprint density at radius 2 is 1.60 bits per heavy atom. The molecule has 15 heavy (non-hydrogen) atoms. The van der Waals surface area contributed by atoms with Gasteiger partial charge in [-0.1, -0.05) is 29.3 Å². The Kier molecular flexibility index (Phi) is 3.04. The maximum Gasteiger partial charge on any atom is 0.408 e. The third kappa shape index (κ3) is 2.72. The minimum atomic E-state index is -4.50. The Hall–Kier alpha value is -1.50. The first kappa shape index (κ1) is 11.6. The molecule has 0 amide bonds. The van der Waals surface area contributed by atoms with Crippen LogP contribution in [0.25, 0.3) is 0 Å². The zero-order valence-electron chi connectivity index (χ0n) is 8.39. The molecule has 0 saturated carbocycles. The van der Waals surface area contributed by atoms with E-state index in [4.69, 9.17) is 5.26 Å². The SMILES string of the molecule is Cc1cc(C)cc(C(C#N)C(F)(F)F)c1. The fraction of sp³-hybridized carbons (Fsp3) is 0.364. The summed E-state index contributed by atoms with van der Waals surface area (Å²) in [5.41, 5.74) is 1.48. The number of aryl methyl sites for hydroxylation is 2. The molecule has 4 heteroatoms. The van der Waals surface area contributed by atoms with E-state index in [9.17, 15) is 13.2 Å². The Labute approximate surface area is 86.1 Å². The van der Waals surface area contributed by atoms with Gasteiger partial charge in [0.1, 0.15) is 0 Å². The van der Waals surface area contributed by atoms with E-state index in [1.807, 2.05) is 0 Å². The largest absolute Gasteiger partial charge is 0.408 e. The van der Waals surface area contributed by atoms with E-state index >= 15 is 0 Å². The molecule has 0 bridgehead atoms. The Morgan fingerprint density at radius 1 is 1.13 bits per heavy atom. The topological polar surface area (TPSA) is 23.8 Å². The van der Waals surface area contributed by atoms with Crippen molar-refractivity contribution in [2.75, 3.05) is 0 Å². The third-order valence-corrected chi connectivity index (χ3v) is 2.03. The van der Waals surface area contributed by atoms with Crippen molar-refractivity contribution in [3.8, 4) is 6.07 Å². The quantitative estimate of drug-likeness (QED) is 0.700. The van der Waals surface area contributed by atoms with Crippen LogP contribution in [-0.2, 0) is 0 Å². The minimum absolute atomic E-state index is 0.0162. The Balaban J connectivity index is 3.20. The summed E-state index contributed by atoms with van der Waals surface area (Å²) in [5.74, 6) is -2.03. The molecule has 0 N–H and O–H groups in total. The summed E-state index contributed by atoms with van der Waals surface area (Å²) in [4.78, 5) is 0. The van der Waals surface area contributed by atoms with Crippen LogP contribution in [-0.4, -0.2) is 6.18 Å². The Morgan fingerprint density at radius 3 is 1.93 bits per heavy atom. The van der Waals surface area contributed by atoms with E-state index in [1.54, 1.807) is 19.9 Å². The number of nitriles is 1. The molecule has 1 nitrogen and oxygen atoms in total. The van der Waals surface area contributed by atoms with E-state index in [-0.39, 0.29) is 5.56 Å². The predicted octanol–water partition coefficient (Wildman–Crippen LogP) is 3.47. The van der Waals surface area contributed by atoms with Crippen molar-refractivity contribution in [3.63, 3.8) is 0 Å². The van der Waals surface area contributed by atoms with Gasteiger partial charge >= 0.3 is 6.18 Å². The van der Waals surface area contributed by atoms with E-state index in [2.05, 4.69) is 0 Å². The molecule has 1 aromatic rings. The molecule has 0 aromatic heterocycles. The Bertz CT molecular complexity index is 381. The second kappa shape index (κ2) is 3.93.